The normalized spacial score (nSPS) is 10.0. The zero-order chi connectivity index (χ0) is 4.99. The van der Waals surface area contributed by atoms with Gasteiger partial charge in [-0.05, 0) is 14.3 Å². The molecule has 0 amide bonds. The Balaban J connectivity index is 2.63. The summed E-state index contributed by atoms with van der Waals surface area (Å²) in [6.45, 7) is 6.96. The fourth-order valence-electron chi connectivity index (χ4n) is 0.500. The van der Waals surface area contributed by atoms with Gasteiger partial charge in [0, 0.05) is 13.3 Å². The van der Waals surface area contributed by atoms with Gasteiger partial charge in [-0.2, -0.15) is 0 Å². The Morgan fingerprint density at radius 3 is 1.83 bits per heavy atom. The van der Waals surface area contributed by atoms with Crippen molar-refractivity contribution in [1.29, 1.82) is 0 Å². The third-order valence-corrected chi connectivity index (χ3v) is 2.25. The van der Waals surface area contributed by atoms with Crippen LogP contribution >= 0.6 is 7.92 Å². The van der Waals surface area contributed by atoms with Crippen LogP contribution in [0.1, 0.15) is 13.3 Å². The van der Waals surface area contributed by atoms with E-state index in [1.54, 1.807) is 0 Å². The molecule has 0 radical (unpaired) electrons. The Labute approximate surface area is 41.7 Å². The molecule has 0 aliphatic heterocycles. The first kappa shape index (κ1) is 6.43. The lowest BCUT2D eigenvalue weighted by Gasteiger charge is -1.89. The fourth-order valence-corrected chi connectivity index (χ4v) is 1.50. The van der Waals surface area contributed by atoms with Crippen LogP contribution in [0.4, 0.5) is 0 Å². The molecule has 0 bridgehead atoms. The molecule has 0 saturated heterocycles. The molecule has 0 nitrogen and oxygen atoms in total. The molecule has 1 heteroatoms. The van der Waals surface area contributed by atoms with Gasteiger partial charge in [-0.1, -0.05) is 6.92 Å². The molecule has 0 aromatic carbocycles. The Morgan fingerprint density at radius 1 is 1.33 bits per heavy atom. The summed E-state index contributed by atoms with van der Waals surface area (Å²) in [5.41, 5.74) is 0. The van der Waals surface area contributed by atoms with E-state index in [0.717, 1.165) is 0 Å². The van der Waals surface area contributed by atoms with Crippen molar-refractivity contribution in [1.82, 2.24) is 0 Å². The van der Waals surface area contributed by atoms with Gasteiger partial charge < -0.3 is 0 Å². The SMILES string of the molecule is CCC[PH+](C)C. The van der Waals surface area contributed by atoms with Crippen LogP contribution in [-0.2, 0) is 0 Å². The maximum Gasteiger partial charge on any atom is 0.0563 e. The van der Waals surface area contributed by atoms with E-state index in [2.05, 4.69) is 20.3 Å². The monoisotopic (exact) mass is 105 g/mol. The Hall–Kier alpha value is 0.430. The maximum atomic E-state index is 2.36. The second-order valence-corrected chi connectivity index (χ2v) is 4.87. The summed E-state index contributed by atoms with van der Waals surface area (Å²) in [7, 11) is 0.114. The largest absolute Gasteiger partial charge is 0.0619 e. The van der Waals surface area contributed by atoms with Crippen molar-refractivity contribution < 1.29 is 0 Å². The predicted octanol–water partition coefficient (Wildman–Crippen LogP) is 1.87. The predicted molar refractivity (Wildman–Crippen MR) is 35.3 cm³/mol. The molecule has 0 aliphatic rings. The summed E-state index contributed by atoms with van der Waals surface area (Å²) in [6, 6.07) is 0. The highest BCUT2D eigenvalue weighted by Crippen LogP contribution is 2.23. The van der Waals surface area contributed by atoms with Gasteiger partial charge in [-0.15, -0.1) is 0 Å². The summed E-state index contributed by atoms with van der Waals surface area (Å²) in [4.78, 5) is 0. The molecule has 0 aromatic heterocycles. The van der Waals surface area contributed by atoms with Gasteiger partial charge >= 0.3 is 0 Å². The summed E-state index contributed by atoms with van der Waals surface area (Å²) in [5.74, 6) is 0. The molecule has 0 heterocycles. The minimum absolute atomic E-state index is 0.114. The molecule has 0 saturated carbocycles. The van der Waals surface area contributed by atoms with Crippen molar-refractivity contribution in [2.45, 2.75) is 13.3 Å². The van der Waals surface area contributed by atoms with Gasteiger partial charge in [0.2, 0.25) is 0 Å². The molecule has 0 spiro atoms. The van der Waals surface area contributed by atoms with E-state index in [9.17, 15) is 0 Å². The highest BCUT2D eigenvalue weighted by Gasteiger charge is 1.92. The average molecular weight is 105 g/mol. The number of hydrogen-bond acceptors (Lipinski definition) is 0. The van der Waals surface area contributed by atoms with Crippen LogP contribution in [0.2, 0.25) is 0 Å². The topological polar surface area (TPSA) is 0 Å². The van der Waals surface area contributed by atoms with E-state index >= 15 is 0 Å². The first-order valence-corrected chi connectivity index (χ1v) is 5.27. The number of rotatable bonds is 2. The van der Waals surface area contributed by atoms with Crippen LogP contribution in [0.25, 0.3) is 0 Å². The second-order valence-electron chi connectivity index (χ2n) is 1.96. The minimum Gasteiger partial charge on any atom is -0.0619 e. The van der Waals surface area contributed by atoms with E-state index in [4.69, 9.17) is 0 Å². The fraction of sp³-hybridized carbons (Fsp3) is 1.00. The van der Waals surface area contributed by atoms with E-state index in [1.807, 2.05) is 0 Å². The zero-order valence-corrected chi connectivity index (χ0v) is 5.91. The summed E-state index contributed by atoms with van der Waals surface area (Å²) >= 11 is 0. The van der Waals surface area contributed by atoms with Gasteiger partial charge in [0.1, 0.15) is 0 Å². The standard InChI is InChI=1S/C5H13P/c1-4-5-6(2)3/h4-5H2,1-3H3/p+1. The van der Waals surface area contributed by atoms with Crippen LogP contribution in [0.5, 0.6) is 0 Å². The van der Waals surface area contributed by atoms with Crippen LogP contribution in [0, 0.1) is 0 Å². The maximum absolute atomic E-state index is 2.36. The highest BCUT2D eigenvalue weighted by molar-refractivity contribution is 7.55. The van der Waals surface area contributed by atoms with E-state index < -0.39 is 0 Å². The molecular weight excluding hydrogens is 91.0 g/mol. The van der Waals surface area contributed by atoms with Gasteiger partial charge in [0.15, 0.2) is 0 Å². The zero-order valence-electron chi connectivity index (χ0n) is 4.91. The molecule has 0 atom stereocenters. The van der Waals surface area contributed by atoms with Gasteiger partial charge in [-0.25, -0.2) is 0 Å². The summed E-state index contributed by atoms with van der Waals surface area (Å²) in [6.07, 6.45) is 2.85. The highest BCUT2D eigenvalue weighted by atomic mass is 31.1. The Kier molecular flexibility index (Phi) is 3.87. The molecule has 38 valence electrons. The molecule has 0 N–H and O–H groups in total. The van der Waals surface area contributed by atoms with Crippen molar-refractivity contribution in [3.05, 3.63) is 0 Å². The molecule has 0 aliphatic carbocycles. The van der Waals surface area contributed by atoms with E-state index in [1.165, 1.54) is 12.6 Å². The van der Waals surface area contributed by atoms with Crippen LogP contribution in [-0.4, -0.2) is 19.5 Å². The molecule has 0 unspecified atom stereocenters. The van der Waals surface area contributed by atoms with Crippen molar-refractivity contribution in [2.24, 2.45) is 0 Å². The second kappa shape index (κ2) is 3.61. The molecule has 0 aromatic rings. The van der Waals surface area contributed by atoms with Gasteiger partial charge in [-0.3, -0.25) is 0 Å². The van der Waals surface area contributed by atoms with Crippen molar-refractivity contribution in [3.8, 4) is 0 Å². The molecule has 0 rings (SSSR count). The quantitative estimate of drug-likeness (QED) is 0.470. The molecule has 6 heavy (non-hydrogen) atoms. The third kappa shape index (κ3) is 4.43. The van der Waals surface area contributed by atoms with E-state index in [0.29, 0.717) is 0 Å². The third-order valence-electron chi connectivity index (χ3n) is 0.750. The van der Waals surface area contributed by atoms with E-state index in [-0.39, 0.29) is 7.92 Å². The van der Waals surface area contributed by atoms with Gasteiger partial charge in [0.05, 0.1) is 6.16 Å². The summed E-state index contributed by atoms with van der Waals surface area (Å²) in [5, 5.41) is 0. The first-order chi connectivity index (χ1) is 2.77. The molecule has 0 fully saturated rings. The lowest BCUT2D eigenvalue weighted by atomic mass is 10.6. The smallest absolute Gasteiger partial charge is 0.0563 e. The number of hydrogen-bond donors (Lipinski definition) is 0. The van der Waals surface area contributed by atoms with Crippen molar-refractivity contribution >= 4 is 7.92 Å². The van der Waals surface area contributed by atoms with Crippen molar-refractivity contribution in [2.75, 3.05) is 19.5 Å². The lowest BCUT2D eigenvalue weighted by molar-refractivity contribution is 1.10. The Bertz CT molecular complexity index is 25.1. The van der Waals surface area contributed by atoms with Crippen LogP contribution < -0.4 is 0 Å². The summed E-state index contributed by atoms with van der Waals surface area (Å²) < 4.78 is 0. The lowest BCUT2D eigenvalue weighted by Crippen LogP contribution is -1.73. The van der Waals surface area contributed by atoms with Crippen LogP contribution in [0.3, 0.4) is 0 Å². The Morgan fingerprint density at radius 2 is 1.83 bits per heavy atom. The van der Waals surface area contributed by atoms with Crippen LogP contribution in [0.15, 0.2) is 0 Å². The molecular formula is C5H14P+. The first-order valence-electron chi connectivity index (χ1n) is 2.56. The van der Waals surface area contributed by atoms with Gasteiger partial charge in [0.25, 0.3) is 0 Å². The van der Waals surface area contributed by atoms with Crippen molar-refractivity contribution in [3.63, 3.8) is 0 Å². The average Bonchev–Trinajstić information content (AvgIpc) is 1.35. The minimum atomic E-state index is 0.114.